The lowest BCUT2D eigenvalue weighted by molar-refractivity contribution is 0.154. The van der Waals surface area contributed by atoms with E-state index in [2.05, 4.69) is 31.9 Å². The van der Waals surface area contributed by atoms with Crippen molar-refractivity contribution in [2.75, 3.05) is 6.61 Å². The van der Waals surface area contributed by atoms with Gasteiger partial charge in [0.25, 0.3) is 3.49 Å². The van der Waals surface area contributed by atoms with E-state index in [4.69, 9.17) is 4.74 Å². The lowest BCUT2D eigenvalue weighted by Gasteiger charge is -2.17. The molecule has 0 aliphatic heterocycles. The van der Waals surface area contributed by atoms with Gasteiger partial charge in [0, 0.05) is 6.42 Å². The second-order valence-electron chi connectivity index (χ2n) is 2.82. The first-order valence-electron chi connectivity index (χ1n) is 3.96. The molecule has 4 heteroatoms. The third kappa shape index (κ3) is 4.45. The molecule has 0 heterocycles. The van der Waals surface area contributed by atoms with Crippen molar-refractivity contribution < 1.29 is 9.13 Å². The Labute approximate surface area is 88.6 Å². The molecule has 0 saturated heterocycles. The van der Waals surface area contributed by atoms with Gasteiger partial charge in [-0.1, -0.05) is 0 Å². The summed E-state index contributed by atoms with van der Waals surface area (Å²) in [6, 6.07) is 0. The summed E-state index contributed by atoms with van der Waals surface area (Å²) in [6.45, 7) is 0.0127. The van der Waals surface area contributed by atoms with Crippen LogP contribution in [-0.2, 0) is 4.74 Å². The van der Waals surface area contributed by atoms with Crippen molar-refractivity contribution in [3.63, 3.8) is 0 Å². The maximum absolute atomic E-state index is 12.8. The molecule has 0 N–H and O–H groups in total. The SMILES string of the molecule is FC(Br)(Br)COC1=CCCCC1. The summed E-state index contributed by atoms with van der Waals surface area (Å²) < 4.78 is 16.5. The van der Waals surface area contributed by atoms with Crippen molar-refractivity contribution in [3.8, 4) is 0 Å². The number of hydrogen-bond acceptors (Lipinski definition) is 1. The molecule has 0 aromatic heterocycles. The molecule has 1 rings (SSSR count). The Morgan fingerprint density at radius 3 is 2.75 bits per heavy atom. The Balaban J connectivity index is 2.26. The van der Waals surface area contributed by atoms with Gasteiger partial charge in [-0.2, -0.15) is 0 Å². The highest BCUT2D eigenvalue weighted by molar-refractivity contribution is 9.25. The second-order valence-corrected chi connectivity index (χ2v) is 6.40. The van der Waals surface area contributed by atoms with E-state index in [0.717, 1.165) is 25.0 Å². The van der Waals surface area contributed by atoms with Gasteiger partial charge in [-0.25, -0.2) is 4.39 Å². The van der Waals surface area contributed by atoms with Crippen molar-refractivity contribution in [1.29, 1.82) is 0 Å². The molecule has 0 fully saturated rings. The molecule has 12 heavy (non-hydrogen) atoms. The van der Waals surface area contributed by atoms with Crippen molar-refractivity contribution in [2.45, 2.75) is 29.2 Å². The van der Waals surface area contributed by atoms with Crippen LogP contribution in [0.2, 0.25) is 0 Å². The van der Waals surface area contributed by atoms with Gasteiger partial charge in [-0.3, -0.25) is 0 Å². The van der Waals surface area contributed by atoms with E-state index in [1.54, 1.807) is 0 Å². The zero-order valence-electron chi connectivity index (χ0n) is 6.66. The normalized spacial score (nSPS) is 18.8. The van der Waals surface area contributed by atoms with Crippen LogP contribution in [0, 0.1) is 0 Å². The molecule has 0 bridgehead atoms. The number of rotatable bonds is 3. The van der Waals surface area contributed by atoms with Crippen molar-refractivity contribution >= 4 is 31.9 Å². The summed E-state index contributed by atoms with van der Waals surface area (Å²) in [6.07, 6.45) is 6.40. The number of ether oxygens (including phenoxy) is 1. The molecule has 0 radical (unpaired) electrons. The highest BCUT2D eigenvalue weighted by atomic mass is 79.9. The van der Waals surface area contributed by atoms with Crippen molar-refractivity contribution in [1.82, 2.24) is 0 Å². The summed E-state index contributed by atoms with van der Waals surface area (Å²) in [5.74, 6) is 0.919. The van der Waals surface area contributed by atoms with Crippen LogP contribution in [-0.4, -0.2) is 10.1 Å². The van der Waals surface area contributed by atoms with Crippen LogP contribution in [0.5, 0.6) is 0 Å². The van der Waals surface area contributed by atoms with E-state index in [1.165, 1.54) is 6.42 Å². The van der Waals surface area contributed by atoms with Gasteiger partial charge in [0.15, 0.2) is 0 Å². The standard InChI is InChI=1S/C8H11Br2FO/c9-8(10,11)6-12-7-4-2-1-3-5-7/h4H,1-3,5-6H2. The minimum absolute atomic E-state index is 0.0127. The molecule has 0 atom stereocenters. The number of allylic oxidation sites excluding steroid dienone is 2. The van der Waals surface area contributed by atoms with E-state index in [-0.39, 0.29) is 6.61 Å². The summed E-state index contributed by atoms with van der Waals surface area (Å²) in [5.41, 5.74) is 0. The molecule has 0 spiro atoms. The molecule has 1 aliphatic carbocycles. The third-order valence-corrected chi connectivity index (χ3v) is 2.13. The number of alkyl halides is 3. The molecule has 0 saturated carbocycles. The maximum Gasteiger partial charge on any atom is 0.252 e. The third-order valence-electron chi connectivity index (χ3n) is 1.67. The summed E-state index contributed by atoms with van der Waals surface area (Å²) in [4.78, 5) is 0. The molecule has 1 nitrogen and oxygen atoms in total. The van der Waals surface area contributed by atoms with Gasteiger partial charge in [-0.15, -0.1) is 0 Å². The van der Waals surface area contributed by atoms with Gasteiger partial charge < -0.3 is 4.74 Å². The van der Waals surface area contributed by atoms with Crippen LogP contribution >= 0.6 is 31.9 Å². The quantitative estimate of drug-likeness (QED) is 0.719. The Kier molecular flexibility index (Phi) is 4.03. The summed E-state index contributed by atoms with van der Waals surface area (Å²) in [5, 5.41) is 0. The number of hydrogen-bond donors (Lipinski definition) is 0. The van der Waals surface area contributed by atoms with E-state index in [1.807, 2.05) is 6.08 Å². The monoisotopic (exact) mass is 300 g/mol. The van der Waals surface area contributed by atoms with Gasteiger partial charge in [-0.05, 0) is 57.2 Å². The van der Waals surface area contributed by atoms with Crippen LogP contribution in [0.25, 0.3) is 0 Å². The predicted octanol–water partition coefficient (Wildman–Crippen LogP) is 3.87. The van der Waals surface area contributed by atoms with Crippen LogP contribution in [0.3, 0.4) is 0 Å². The van der Waals surface area contributed by atoms with Gasteiger partial charge in [0.2, 0.25) is 0 Å². The lowest BCUT2D eigenvalue weighted by atomic mass is 10.1. The van der Waals surface area contributed by atoms with E-state index in [9.17, 15) is 4.39 Å². The molecule has 0 amide bonds. The molecule has 1 aliphatic rings. The van der Waals surface area contributed by atoms with Crippen LogP contribution in [0.4, 0.5) is 4.39 Å². The zero-order chi connectivity index (χ0) is 9.03. The first-order valence-corrected chi connectivity index (χ1v) is 5.55. The summed E-state index contributed by atoms with van der Waals surface area (Å²) in [7, 11) is 0. The number of halogens is 3. The minimum Gasteiger partial charge on any atom is -0.493 e. The topological polar surface area (TPSA) is 9.23 Å². The fourth-order valence-electron chi connectivity index (χ4n) is 1.11. The molecule has 70 valence electrons. The fraction of sp³-hybridized carbons (Fsp3) is 0.750. The molecular weight excluding hydrogens is 291 g/mol. The predicted molar refractivity (Wildman–Crippen MR) is 54.2 cm³/mol. The van der Waals surface area contributed by atoms with E-state index in [0.29, 0.717) is 0 Å². The van der Waals surface area contributed by atoms with Gasteiger partial charge in [0.05, 0.1) is 5.76 Å². The van der Waals surface area contributed by atoms with Gasteiger partial charge in [0.1, 0.15) is 6.61 Å². The first kappa shape index (κ1) is 10.5. The Morgan fingerprint density at radius 2 is 2.25 bits per heavy atom. The Morgan fingerprint density at radius 1 is 1.50 bits per heavy atom. The lowest BCUT2D eigenvalue weighted by Crippen LogP contribution is -2.13. The Bertz CT molecular complexity index is 174. The van der Waals surface area contributed by atoms with E-state index < -0.39 is 3.49 Å². The van der Waals surface area contributed by atoms with Gasteiger partial charge >= 0.3 is 0 Å². The van der Waals surface area contributed by atoms with E-state index >= 15 is 0 Å². The first-order chi connectivity index (χ1) is 5.58. The van der Waals surface area contributed by atoms with Crippen LogP contribution in [0.1, 0.15) is 25.7 Å². The smallest absolute Gasteiger partial charge is 0.252 e. The fourth-order valence-corrected chi connectivity index (χ4v) is 1.34. The zero-order valence-corrected chi connectivity index (χ0v) is 9.83. The Hall–Kier alpha value is 0.430. The highest BCUT2D eigenvalue weighted by Crippen LogP contribution is 2.29. The highest BCUT2D eigenvalue weighted by Gasteiger charge is 2.22. The summed E-state index contributed by atoms with van der Waals surface area (Å²) >= 11 is 5.61. The van der Waals surface area contributed by atoms with Crippen molar-refractivity contribution in [2.24, 2.45) is 0 Å². The second kappa shape index (κ2) is 4.61. The maximum atomic E-state index is 12.8. The average Bonchev–Trinajstić information content (AvgIpc) is 2.02. The molecule has 0 aromatic rings. The molecule has 0 unspecified atom stereocenters. The molecular formula is C8H11Br2FO. The minimum atomic E-state index is -1.59. The van der Waals surface area contributed by atoms with Crippen LogP contribution < -0.4 is 0 Å². The average molecular weight is 302 g/mol. The largest absolute Gasteiger partial charge is 0.493 e. The van der Waals surface area contributed by atoms with Crippen molar-refractivity contribution in [3.05, 3.63) is 11.8 Å². The van der Waals surface area contributed by atoms with Crippen LogP contribution in [0.15, 0.2) is 11.8 Å². The molecule has 0 aromatic carbocycles.